The predicted octanol–water partition coefficient (Wildman–Crippen LogP) is 2.64. The summed E-state index contributed by atoms with van der Waals surface area (Å²) in [7, 11) is 0. The first kappa shape index (κ1) is 17.8. The fourth-order valence-corrected chi connectivity index (χ4v) is 3.74. The molecule has 6 nitrogen and oxygen atoms in total. The number of carbonyl (C=O) groups excluding carboxylic acids is 1. The van der Waals surface area contributed by atoms with Gasteiger partial charge in [-0.05, 0) is 32.4 Å². The van der Waals surface area contributed by atoms with Gasteiger partial charge in [0.1, 0.15) is 10.8 Å². The number of rotatable bonds is 5. The topological polar surface area (TPSA) is 67.4 Å². The van der Waals surface area contributed by atoms with Crippen LogP contribution in [0.25, 0.3) is 0 Å². The molecule has 3 heterocycles. The second-order valence-corrected chi connectivity index (χ2v) is 7.28. The summed E-state index contributed by atoms with van der Waals surface area (Å²) in [4.78, 5) is 23.4. The van der Waals surface area contributed by atoms with E-state index in [1.807, 2.05) is 17.5 Å². The molecule has 2 aromatic heterocycles. The number of hydrogen-bond acceptors (Lipinski definition) is 6. The minimum atomic E-state index is -0.129. The Labute approximate surface area is 152 Å². The van der Waals surface area contributed by atoms with Crippen LogP contribution in [-0.4, -0.2) is 41.2 Å². The van der Waals surface area contributed by atoms with Gasteiger partial charge < -0.3 is 15.0 Å². The minimum Gasteiger partial charge on any atom is -0.372 e. The van der Waals surface area contributed by atoms with Gasteiger partial charge in [0.15, 0.2) is 0 Å². The molecule has 3 rings (SSSR count). The van der Waals surface area contributed by atoms with Crippen molar-refractivity contribution in [2.75, 3.05) is 18.0 Å². The number of carbonyl (C=O) groups is 1. The molecule has 1 aliphatic heterocycles. The second-order valence-electron chi connectivity index (χ2n) is 6.34. The van der Waals surface area contributed by atoms with Crippen LogP contribution in [0, 0.1) is 0 Å². The highest BCUT2D eigenvalue weighted by Gasteiger charge is 2.23. The van der Waals surface area contributed by atoms with Crippen molar-refractivity contribution < 1.29 is 9.53 Å². The largest absolute Gasteiger partial charge is 0.372 e. The molecule has 25 heavy (non-hydrogen) atoms. The van der Waals surface area contributed by atoms with Gasteiger partial charge in [-0.2, -0.15) is 0 Å². The maximum Gasteiger partial charge on any atom is 0.253 e. The van der Waals surface area contributed by atoms with Gasteiger partial charge in [-0.15, -0.1) is 11.3 Å². The van der Waals surface area contributed by atoms with E-state index in [1.165, 1.54) is 0 Å². The molecule has 0 unspecified atom stereocenters. The molecule has 1 amide bonds. The fourth-order valence-electron chi connectivity index (χ4n) is 2.92. The van der Waals surface area contributed by atoms with Crippen LogP contribution in [0.1, 0.15) is 41.8 Å². The van der Waals surface area contributed by atoms with Crippen LogP contribution in [0.4, 0.5) is 5.82 Å². The number of aromatic nitrogens is 2. The van der Waals surface area contributed by atoms with Crippen LogP contribution in [0.3, 0.4) is 0 Å². The zero-order chi connectivity index (χ0) is 17.8. The van der Waals surface area contributed by atoms with E-state index in [-0.39, 0.29) is 18.1 Å². The average Bonchev–Trinajstić information content (AvgIpc) is 3.07. The molecule has 0 aromatic carbocycles. The lowest BCUT2D eigenvalue weighted by Crippen LogP contribution is -2.45. The molecule has 0 aliphatic carbocycles. The Morgan fingerprint density at radius 3 is 2.72 bits per heavy atom. The van der Waals surface area contributed by atoms with E-state index < -0.39 is 0 Å². The Hall–Kier alpha value is -1.99. The summed E-state index contributed by atoms with van der Waals surface area (Å²) >= 11 is 1.57. The Morgan fingerprint density at radius 2 is 2.12 bits per heavy atom. The smallest absolute Gasteiger partial charge is 0.253 e. The molecule has 1 saturated heterocycles. The number of morpholine rings is 1. The standard InChI is InChI=1S/C18H24N4O2S/c1-4-15-11-25-17(21-15)8-20-18(23)14-5-6-16(19-7-14)22-9-12(2)24-13(3)10-22/h5-7,11-13H,4,8-10H2,1-3H3,(H,20,23)/t12-,13+. The lowest BCUT2D eigenvalue weighted by Gasteiger charge is -2.36. The number of thiazole rings is 1. The van der Waals surface area contributed by atoms with Crippen molar-refractivity contribution in [3.63, 3.8) is 0 Å². The Morgan fingerprint density at radius 1 is 1.36 bits per heavy atom. The summed E-state index contributed by atoms with van der Waals surface area (Å²) in [6.45, 7) is 8.27. The van der Waals surface area contributed by atoms with Crippen LogP contribution in [-0.2, 0) is 17.7 Å². The number of hydrogen-bond donors (Lipinski definition) is 1. The highest BCUT2D eigenvalue weighted by Crippen LogP contribution is 2.18. The van der Waals surface area contributed by atoms with Crippen molar-refractivity contribution in [3.8, 4) is 0 Å². The monoisotopic (exact) mass is 360 g/mol. The summed E-state index contributed by atoms with van der Waals surface area (Å²) in [5.74, 6) is 0.752. The number of nitrogens with one attached hydrogen (secondary N) is 1. The van der Waals surface area contributed by atoms with Crippen molar-refractivity contribution in [2.45, 2.75) is 45.9 Å². The highest BCUT2D eigenvalue weighted by atomic mass is 32.1. The molecule has 2 aromatic rings. The van der Waals surface area contributed by atoms with Crippen LogP contribution in [0.5, 0.6) is 0 Å². The van der Waals surface area contributed by atoms with Crippen molar-refractivity contribution in [1.29, 1.82) is 0 Å². The molecule has 0 saturated carbocycles. The third-order valence-corrected chi connectivity index (χ3v) is 5.01. The van der Waals surface area contributed by atoms with E-state index in [0.717, 1.165) is 36.0 Å². The number of amides is 1. The van der Waals surface area contributed by atoms with Gasteiger partial charge in [-0.3, -0.25) is 4.79 Å². The van der Waals surface area contributed by atoms with Gasteiger partial charge in [-0.1, -0.05) is 6.92 Å². The summed E-state index contributed by atoms with van der Waals surface area (Å²) < 4.78 is 5.75. The number of pyridine rings is 1. The number of anilines is 1. The van der Waals surface area contributed by atoms with Crippen molar-refractivity contribution in [3.05, 3.63) is 40.0 Å². The number of aryl methyl sites for hydroxylation is 1. The summed E-state index contributed by atoms with van der Waals surface area (Å²) in [6, 6.07) is 3.72. The van der Waals surface area contributed by atoms with Gasteiger partial charge >= 0.3 is 0 Å². The Bertz CT molecular complexity index is 706. The molecular weight excluding hydrogens is 336 g/mol. The van der Waals surface area contributed by atoms with E-state index in [9.17, 15) is 4.79 Å². The first-order valence-corrected chi connectivity index (χ1v) is 9.51. The second kappa shape index (κ2) is 7.93. The third kappa shape index (κ3) is 4.55. The normalized spacial score (nSPS) is 20.5. The molecule has 1 fully saturated rings. The van der Waals surface area contributed by atoms with Crippen molar-refractivity contribution in [1.82, 2.24) is 15.3 Å². The Balaban J connectivity index is 1.58. The Kier molecular flexibility index (Phi) is 5.65. The fraction of sp³-hybridized carbons (Fsp3) is 0.500. The predicted molar refractivity (Wildman–Crippen MR) is 99.1 cm³/mol. The SMILES string of the molecule is CCc1csc(CNC(=O)c2ccc(N3C[C@@H](C)O[C@@H](C)C3)nc2)n1. The maximum absolute atomic E-state index is 12.3. The van der Waals surface area contributed by atoms with Crippen LogP contribution in [0.15, 0.2) is 23.7 Å². The van der Waals surface area contributed by atoms with Crippen molar-refractivity contribution >= 4 is 23.1 Å². The van der Waals surface area contributed by atoms with E-state index in [4.69, 9.17) is 4.74 Å². The molecule has 2 atom stereocenters. The van der Waals surface area contributed by atoms with Gasteiger partial charge in [-0.25, -0.2) is 9.97 Å². The first-order chi connectivity index (χ1) is 12.0. The van der Waals surface area contributed by atoms with Gasteiger partial charge in [0, 0.05) is 24.7 Å². The average molecular weight is 360 g/mol. The molecule has 0 bridgehead atoms. The zero-order valence-electron chi connectivity index (χ0n) is 14.9. The first-order valence-electron chi connectivity index (χ1n) is 8.63. The molecule has 1 aliphatic rings. The molecule has 0 radical (unpaired) electrons. The highest BCUT2D eigenvalue weighted by molar-refractivity contribution is 7.09. The van der Waals surface area contributed by atoms with Gasteiger partial charge in [0.05, 0.1) is 30.0 Å². The third-order valence-electron chi connectivity index (χ3n) is 4.12. The van der Waals surface area contributed by atoms with E-state index in [2.05, 4.69) is 41.0 Å². The molecule has 0 spiro atoms. The number of nitrogens with zero attached hydrogens (tertiary/aromatic N) is 3. The van der Waals surface area contributed by atoms with Crippen LogP contribution in [0.2, 0.25) is 0 Å². The molecule has 1 N–H and O–H groups in total. The van der Waals surface area contributed by atoms with Crippen LogP contribution >= 0.6 is 11.3 Å². The van der Waals surface area contributed by atoms with E-state index >= 15 is 0 Å². The maximum atomic E-state index is 12.3. The zero-order valence-corrected chi connectivity index (χ0v) is 15.7. The summed E-state index contributed by atoms with van der Waals surface area (Å²) in [6.07, 6.45) is 2.91. The van der Waals surface area contributed by atoms with Gasteiger partial charge in [0.2, 0.25) is 0 Å². The van der Waals surface area contributed by atoms with Gasteiger partial charge in [0.25, 0.3) is 5.91 Å². The van der Waals surface area contributed by atoms with Crippen molar-refractivity contribution in [2.24, 2.45) is 0 Å². The lowest BCUT2D eigenvalue weighted by molar-refractivity contribution is -0.00546. The minimum absolute atomic E-state index is 0.129. The van der Waals surface area contributed by atoms with E-state index in [0.29, 0.717) is 12.1 Å². The summed E-state index contributed by atoms with van der Waals surface area (Å²) in [5, 5.41) is 5.85. The lowest BCUT2D eigenvalue weighted by atomic mass is 10.2. The molecule has 134 valence electrons. The molecule has 7 heteroatoms. The van der Waals surface area contributed by atoms with Crippen LogP contribution < -0.4 is 10.2 Å². The molecular formula is C18H24N4O2S. The van der Waals surface area contributed by atoms with E-state index in [1.54, 1.807) is 17.5 Å². The summed E-state index contributed by atoms with van der Waals surface area (Å²) in [5.41, 5.74) is 1.62. The quantitative estimate of drug-likeness (QED) is 0.888. The number of ether oxygens (including phenoxy) is 1.